The third kappa shape index (κ3) is 4.62. The summed E-state index contributed by atoms with van der Waals surface area (Å²) >= 11 is 0. The maximum absolute atomic E-state index is 13.5. The normalized spacial score (nSPS) is 22.7. The van der Waals surface area contributed by atoms with E-state index in [1.807, 2.05) is 26.0 Å². The van der Waals surface area contributed by atoms with Crippen LogP contribution in [0, 0.1) is 29.4 Å². The van der Waals surface area contributed by atoms with Gasteiger partial charge in [-0.3, -0.25) is 9.79 Å². The number of halogens is 2. The van der Waals surface area contributed by atoms with E-state index in [9.17, 15) is 13.6 Å². The van der Waals surface area contributed by atoms with Gasteiger partial charge in [0.25, 0.3) is 0 Å². The van der Waals surface area contributed by atoms with Crippen LogP contribution in [0.2, 0.25) is 0 Å². The molecule has 0 spiro atoms. The van der Waals surface area contributed by atoms with Gasteiger partial charge in [-0.25, -0.2) is 8.78 Å². The number of nitrogens with one attached hydrogen (secondary N) is 2. The van der Waals surface area contributed by atoms with E-state index in [1.54, 1.807) is 0 Å². The lowest BCUT2D eigenvalue weighted by atomic mass is 9.74. The van der Waals surface area contributed by atoms with Crippen molar-refractivity contribution in [3.05, 3.63) is 42.0 Å². The second-order valence-corrected chi connectivity index (χ2v) is 7.46. The van der Waals surface area contributed by atoms with Crippen LogP contribution in [-0.4, -0.2) is 28.6 Å². The van der Waals surface area contributed by atoms with Crippen molar-refractivity contribution in [3.8, 4) is 0 Å². The summed E-state index contributed by atoms with van der Waals surface area (Å²) in [7, 11) is 0. The molecule has 6 N–H and O–H groups in total. The molecule has 0 radical (unpaired) electrons. The number of hydrogen-bond acceptors (Lipinski definition) is 7. The molecule has 31 heavy (non-hydrogen) atoms. The first-order valence-electron chi connectivity index (χ1n) is 9.85. The van der Waals surface area contributed by atoms with Crippen LogP contribution in [-0.2, 0) is 4.79 Å². The summed E-state index contributed by atoms with van der Waals surface area (Å²) in [6, 6.07) is 2.95. The fourth-order valence-electron chi connectivity index (χ4n) is 3.82. The number of aromatic nitrogens is 2. The second-order valence-electron chi connectivity index (χ2n) is 7.46. The van der Waals surface area contributed by atoms with Crippen molar-refractivity contribution in [3.63, 3.8) is 0 Å². The van der Waals surface area contributed by atoms with E-state index in [1.165, 1.54) is 6.07 Å². The van der Waals surface area contributed by atoms with Gasteiger partial charge in [-0.1, -0.05) is 26.0 Å². The van der Waals surface area contributed by atoms with Gasteiger partial charge in [-0.2, -0.15) is 9.97 Å². The molecule has 4 atom stereocenters. The summed E-state index contributed by atoms with van der Waals surface area (Å²) < 4.78 is 26.7. The van der Waals surface area contributed by atoms with Crippen molar-refractivity contribution in [1.29, 1.82) is 0 Å². The molecule has 0 fully saturated rings. The Balaban J connectivity index is 1.98. The van der Waals surface area contributed by atoms with Crippen LogP contribution in [0.15, 0.2) is 35.3 Å². The summed E-state index contributed by atoms with van der Waals surface area (Å²) in [5.41, 5.74) is 12.2. The predicted molar refractivity (Wildman–Crippen MR) is 117 cm³/mol. The molecule has 2 aromatic rings. The largest absolute Gasteiger partial charge is 0.382 e. The average Bonchev–Trinajstić information content (AvgIpc) is 2.70. The first-order valence-corrected chi connectivity index (χ1v) is 9.85. The molecule has 8 nitrogen and oxygen atoms in total. The molecule has 0 bridgehead atoms. The van der Waals surface area contributed by atoms with Crippen LogP contribution >= 0.6 is 0 Å². The zero-order valence-corrected chi connectivity index (χ0v) is 17.3. The Labute approximate surface area is 178 Å². The summed E-state index contributed by atoms with van der Waals surface area (Å²) in [6.07, 6.45) is 4.80. The number of nitrogens with zero attached hydrogens (tertiary/aromatic N) is 3. The molecular weight excluding hydrogens is 404 g/mol. The van der Waals surface area contributed by atoms with Crippen LogP contribution < -0.4 is 22.1 Å². The summed E-state index contributed by atoms with van der Waals surface area (Å²) in [5.74, 6) is -2.62. The number of primary amides is 1. The van der Waals surface area contributed by atoms with Crippen molar-refractivity contribution in [1.82, 2.24) is 9.97 Å². The lowest BCUT2D eigenvalue weighted by Gasteiger charge is -2.37. The van der Waals surface area contributed by atoms with Gasteiger partial charge in [0, 0.05) is 17.8 Å². The number of allylic oxidation sites excluding steroid dienone is 1. The molecule has 164 valence electrons. The number of carbonyl (C=O) groups is 1. The molecule has 1 heterocycles. The smallest absolute Gasteiger partial charge is 0.231 e. The van der Waals surface area contributed by atoms with E-state index in [0.717, 1.165) is 18.6 Å². The van der Waals surface area contributed by atoms with E-state index in [0.29, 0.717) is 0 Å². The Morgan fingerprint density at radius 3 is 2.61 bits per heavy atom. The SMILES string of the molecule is C=Nc1c(N)nc(Nc2ccc(F)c(F)c2)nc1NC1C(CC)C=CC(C)C1C(N)=O. The Hall–Kier alpha value is -3.56. The van der Waals surface area contributed by atoms with Crippen LogP contribution in [0.25, 0.3) is 0 Å². The molecule has 0 saturated heterocycles. The number of anilines is 4. The standard InChI is InChI=1S/C21H25F2N7O/c1-4-11-6-5-10(2)15(19(25)31)16(11)28-20-17(26-3)18(24)29-21(30-20)27-12-7-8-13(22)14(23)9-12/h5-11,15-16H,3-4H2,1-2H3,(H2,25,31)(H4,24,27,28,29,30). The minimum atomic E-state index is -1.02. The fourth-order valence-corrected chi connectivity index (χ4v) is 3.82. The van der Waals surface area contributed by atoms with E-state index in [2.05, 4.69) is 32.3 Å². The summed E-state index contributed by atoms with van der Waals surface area (Å²) in [4.78, 5) is 24.6. The molecule has 0 saturated carbocycles. The van der Waals surface area contributed by atoms with Crippen LogP contribution in [0.4, 0.5) is 37.7 Å². The lowest BCUT2D eigenvalue weighted by molar-refractivity contribution is -0.123. The lowest BCUT2D eigenvalue weighted by Crippen LogP contribution is -2.47. The van der Waals surface area contributed by atoms with Crippen molar-refractivity contribution >= 4 is 41.6 Å². The number of nitrogen functional groups attached to an aromatic ring is 1. The fraction of sp³-hybridized carbons (Fsp3) is 0.333. The first kappa shape index (κ1) is 22.1. The van der Waals surface area contributed by atoms with Gasteiger partial charge in [0.1, 0.15) is 5.69 Å². The van der Waals surface area contributed by atoms with Crippen LogP contribution in [0.5, 0.6) is 0 Å². The minimum Gasteiger partial charge on any atom is -0.382 e. The number of carbonyl (C=O) groups excluding carboxylic acids is 1. The van der Waals surface area contributed by atoms with E-state index in [-0.39, 0.29) is 46.8 Å². The van der Waals surface area contributed by atoms with Gasteiger partial charge in [-0.15, -0.1) is 0 Å². The Kier molecular flexibility index (Phi) is 6.47. The molecule has 1 aromatic heterocycles. The monoisotopic (exact) mass is 429 g/mol. The predicted octanol–water partition coefficient (Wildman–Crippen LogP) is 3.53. The Morgan fingerprint density at radius 2 is 2.00 bits per heavy atom. The molecule has 4 unspecified atom stereocenters. The number of aliphatic imine (C=N–C) groups is 1. The zero-order valence-electron chi connectivity index (χ0n) is 17.3. The molecule has 1 amide bonds. The third-order valence-corrected chi connectivity index (χ3v) is 5.42. The highest BCUT2D eigenvalue weighted by Gasteiger charge is 2.38. The second kappa shape index (κ2) is 9.07. The van der Waals surface area contributed by atoms with Gasteiger partial charge in [0.05, 0.1) is 5.92 Å². The molecule has 1 aliphatic rings. The van der Waals surface area contributed by atoms with Crippen LogP contribution in [0.3, 0.4) is 0 Å². The maximum Gasteiger partial charge on any atom is 0.231 e. The number of amides is 1. The Bertz CT molecular complexity index is 1030. The van der Waals surface area contributed by atoms with Crippen LogP contribution in [0.1, 0.15) is 20.3 Å². The van der Waals surface area contributed by atoms with Gasteiger partial charge >= 0.3 is 0 Å². The number of nitrogens with two attached hydrogens (primary N) is 2. The summed E-state index contributed by atoms with van der Waals surface area (Å²) in [5, 5.41) is 6.05. The molecular formula is C21H25F2N7O. The van der Waals surface area contributed by atoms with Crippen molar-refractivity contribution < 1.29 is 13.6 Å². The molecule has 1 aromatic carbocycles. The minimum absolute atomic E-state index is 0.0187. The van der Waals surface area contributed by atoms with Crippen molar-refractivity contribution in [2.24, 2.45) is 28.5 Å². The van der Waals surface area contributed by atoms with Gasteiger partial charge in [0.2, 0.25) is 11.9 Å². The molecule has 10 heteroatoms. The van der Waals surface area contributed by atoms with Gasteiger partial charge < -0.3 is 22.1 Å². The highest BCUT2D eigenvalue weighted by molar-refractivity contribution is 5.81. The average molecular weight is 429 g/mol. The number of hydrogen-bond donors (Lipinski definition) is 4. The van der Waals surface area contributed by atoms with Gasteiger partial charge in [0.15, 0.2) is 23.3 Å². The molecule has 0 aliphatic heterocycles. The first-order chi connectivity index (χ1) is 14.7. The third-order valence-electron chi connectivity index (χ3n) is 5.42. The quantitative estimate of drug-likeness (QED) is 0.393. The van der Waals surface area contributed by atoms with Gasteiger partial charge in [-0.05, 0) is 37.1 Å². The number of benzene rings is 1. The van der Waals surface area contributed by atoms with Crippen molar-refractivity contribution in [2.45, 2.75) is 26.3 Å². The maximum atomic E-state index is 13.5. The van der Waals surface area contributed by atoms with E-state index >= 15 is 0 Å². The Morgan fingerprint density at radius 1 is 1.26 bits per heavy atom. The zero-order chi connectivity index (χ0) is 22.7. The number of rotatable bonds is 7. The molecule has 3 rings (SSSR count). The highest BCUT2D eigenvalue weighted by Crippen LogP contribution is 2.37. The summed E-state index contributed by atoms with van der Waals surface area (Å²) in [6.45, 7) is 7.45. The highest BCUT2D eigenvalue weighted by atomic mass is 19.2. The molecule has 1 aliphatic carbocycles. The van der Waals surface area contributed by atoms with E-state index in [4.69, 9.17) is 11.5 Å². The van der Waals surface area contributed by atoms with E-state index < -0.39 is 23.5 Å². The van der Waals surface area contributed by atoms with Crippen molar-refractivity contribution in [2.75, 3.05) is 16.4 Å². The topological polar surface area (TPSA) is 131 Å².